The lowest BCUT2D eigenvalue weighted by Crippen LogP contribution is -2.17. The van der Waals surface area contributed by atoms with Crippen LogP contribution in [0.5, 0.6) is 0 Å². The Morgan fingerprint density at radius 1 is 1.35 bits per heavy atom. The molecule has 4 heteroatoms. The van der Waals surface area contributed by atoms with Gasteiger partial charge in [-0.1, -0.05) is 23.8 Å². The van der Waals surface area contributed by atoms with Crippen LogP contribution in [0.4, 0.5) is 0 Å². The van der Waals surface area contributed by atoms with E-state index in [1.165, 1.54) is 16.7 Å². The van der Waals surface area contributed by atoms with Gasteiger partial charge in [0.2, 0.25) is 0 Å². The molecule has 0 aliphatic heterocycles. The van der Waals surface area contributed by atoms with Crippen molar-refractivity contribution in [2.24, 2.45) is 12.8 Å². The molecule has 1 unspecified atom stereocenters. The van der Waals surface area contributed by atoms with Crippen LogP contribution in [0.25, 0.3) is 0 Å². The molecule has 0 saturated heterocycles. The lowest BCUT2D eigenvalue weighted by atomic mass is 9.97. The van der Waals surface area contributed by atoms with E-state index in [0.29, 0.717) is 6.42 Å². The maximum absolute atomic E-state index is 6.24. The number of nitrogens with two attached hydrogens (primary N) is 1. The molecule has 0 fully saturated rings. The maximum Gasteiger partial charge on any atom is 0.138 e. The molecule has 0 spiro atoms. The van der Waals surface area contributed by atoms with Crippen molar-refractivity contribution in [2.45, 2.75) is 26.3 Å². The summed E-state index contributed by atoms with van der Waals surface area (Å²) in [4.78, 5) is 4.21. The van der Waals surface area contributed by atoms with Gasteiger partial charge in [0.1, 0.15) is 12.2 Å². The van der Waals surface area contributed by atoms with Gasteiger partial charge >= 0.3 is 0 Å². The van der Waals surface area contributed by atoms with E-state index >= 15 is 0 Å². The first-order chi connectivity index (χ1) is 8.08. The van der Waals surface area contributed by atoms with E-state index in [1.807, 2.05) is 7.05 Å². The average Bonchev–Trinajstić information content (AvgIpc) is 2.68. The lowest BCUT2D eigenvalue weighted by molar-refractivity contribution is 0.627. The molecule has 0 amide bonds. The Kier molecular flexibility index (Phi) is 3.24. The smallest absolute Gasteiger partial charge is 0.138 e. The minimum Gasteiger partial charge on any atom is -0.324 e. The van der Waals surface area contributed by atoms with E-state index in [0.717, 1.165) is 5.82 Å². The number of nitrogens with zero attached hydrogens (tertiary/aromatic N) is 3. The van der Waals surface area contributed by atoms with Gasteiger partial charge in [0, 0.05) is 19.5 Å². The van der Waals surface area contributed by atoms with Crippen LogP contribution in [-0.4, -0.2) is 14.8 Å². The van der Waals surface area contributed by atoms with Gasteiger partial charge in [-0.15, -0.1) is 0 Å². The van der Waals surface area contributed by atoms with Crippen molar-refractivity contribution in [3.8, 4) is 0 Å². The van der Waals surface area contributed by atoms with Gasteiger partial charge in [0.15, 0.2) is 0 Å². The number of benzene rings is 1. The minimum atomic E-state index is -0.0298. The number of rotatable bonds is 3. The van der Waals surface area contributed by atoms with Crippen LogP contribution >= 0.6 is 0 Å². The van der Waals surface area contributed by atoms with E-state index < -0.39 is 0 Å². The van der Waals surface area contributed by atoms with E-state index in [4.69, 9.17) is 5.73 Å². The zero-order valence-corrected chi connectivity index (χ0v) is 10.5. The van der Waals surface area contributed by atoms with Gasteiger partial charge in [0.25, 0.3) is 0 Å². The van der Waals surface area contributed by atoms with Crippen LogP contribution in [-0.2, 0) is 13.5 Å². The van der Waals surface area contributed by atoms with E-state index in [1.54, 1.807) is 11.0 Å². The molecular formula is C13H18N4. The monoisotopic (exact) mass is 230 g/mol. The molecule has 90 valence electrons. The van der Waals surface area contributed by atoms with Gasteiger partial charge in [-0.25, -0.2) is 4.98 Å². The highest BCUT2D eigenvalue weighted by atomic mass is 15.3. The fourth-order valence-electron chi connectivity index (χ4n) is 1.97. The summed E-state index contributed by atoms with van der Waals surface area (Å²) in [6.45, 7) is 4.17. The van der Waals surface area contributed by atoms with Gasteiger partial charge in [-0.05, 0) is 25.0 Å². The van der Waals surface area contributed by atoms with Crippen LogP contribution in [0.15, 0.2) is 24.5 Å². The third-order valence-corrected chi connectivity index (χ3v) is 3.04. The molecule has 1 heterocycles. The Balaban J connectivity index is 2.23. The molecule has 0 aliphatic carbocycles. The number of hydrogen-bond acceptors (Lipinski definition) is 3. The third kappa shape index (κ3) is 2.53. The van der Waals surface area contributed by atoms with Crippen LogP contribution in [0.3, 0.4) is 0 Å². The summed E-state index contributed by atoms with van der Waals surface area (Å²) >= 11 is 0. The molecule has 1 atom stereocenters. The first kappa shape index (κ1) is 11.8. The lowest BCUT2D eigenvalue weighted by Gasteiger charge is -2.15. The Morgan fingerprint density at radius 2 is 2.12 bits per heavy atom. The van der Waals surface area contributed by atoms with Crippen molar-refractivity contribution in [2.75, 3.05) is 0 Å². The second-order valence-electron chi connectivity index (χ2n) is 4.47. The van der Waals surface area contributed by atoms with Gasteiger partial charge in [0.05, 0.1) is 0 Å². The largest absolute Gasteiger partial charge is 0.324 e. The Morgan fingerprint density at radius 3 is 2.76 bits per heavy atom. The Bertz CT molecular complexity index is 516. The van der Waals surface area contributed by atoms with Gasteiger partial charge in [-0.3, -0.25) is 4.68 Å². The number of hydrogen-bond donors (Lipinski definition) is 1. The molecule has 2 N–H and O–H groups in total. The molecule has 4 nitrogen and oxygen atoms in total. The molecular weight excluding hydrogens is 212 g/mol. The van der Waals surface area contributed by atoms with Crippen LogP contribution in [0.2, 0.25) is 0 Å². The highest BCUT2D eigenvalue weighted by Gasteiger charge is 2.12. The van der Waals surface area contributed by atoms with Gasteiger partial charge in [-0.2, -0.15) is 5.10 Å². The summed E-state index contributed by atoms with van der Waals surface area (Å²) in [5.74, 6) is 0.915. The quantitative estimate of drug-likeness (QED) is 0.872. The van der Waals surface area contributed by atoms with Crippen molar-refractivity contribution in [3.05, 3.63) is 47.0 Å². The van der Waals surface area contributed by atoms with Crippen LogP contribution in [0.1, 0.15) is 28.6 Å². The number of aryl methyl sites for hydroxylation is 3. The summed E-state index contributed by atoms with van der Waals surface area (Å²) in [6, 6.07) is 6.34. The molecule has 0 radical (unpaired) electrons. The molecule has 0 bridgehead atoms. The van der Waals surface area contributed by atoms with Gasteiger partial charge < -0.3 is 5.73 Å². The summed E-state index contributed by atoms with van der Waals surface area (Å²) < 4.78 is 1.77. The van der Waals surface area contributed by atoms with Crippen molar-refractivity contribution < 1.29 is 0 Å². The fraction of sp³-hybridized carbons (Fsp3) is 0.385. The molecule has 1 aromatic carbocycles. The fourth-order valence-corrected chi connectivity index (χ4v) is 1.97. The summed E-state index contributed by atoms with van der Waals surface area (Å²) in [6.07, 6.45) is 2.27. The molecule has 17 heavy (non-hydrogen) atoms. The van der Waals surface area contributed by atoms with Crippen molar-refractivity contribution >= 4 is 0 Å². The van der Waals surface area contributed by atoms with Crippen molar-refractivity contribution in [1.29, 1.82) is 0 Å². The first-order valence-electron chi connectivity index (χ1n) is 5.73. The van der Waals surface area contributed by atoms with E-state index in [9.17, 15) is 0 Å². The maximum atomic E-state index is 6.24. The standard InChI is InChI=1S/C13H18N4/c1-9-4-5-10(2)11(6-9)12(14)7-13-15-8-16-17(13)3/h4-6,8,12H,7,14H2,1-3H3. The van der Waals surface area contributed by atoms with Crippen LogP contribution < -0.4 is 5.73 Å². The average molecular weight is 230 g/mol. The second-order valence-corrected chi connectivity index (χ2v) is 4.47. The predicted octanol–water partition coefficient (Wildman–Crippen LogP) is 1.67. The molecule has 0 aliphatic rings. The third-order valence-electron chi connectivity index (χ3n) is 3.04. The van der Waals surface area contributed by atoms with Crippen LogP contribution in [0, 0.1) is 13.8 Å². The zero-order chi connectivity index (χ0) is 12.4. The summed E-state index contributed by atoms with van der Waals surface area (Å²) in [5, 5.41) is 4.05. The van der Waals surface area contributed by atoms with Crippen molar-refractivity contribution in [3.63, 3.8) is 0 Å². The molecule has 2 rings (SSSR count). The minimum absolute atomic E-state index is 0.0298. The highest BCUT2D eigenvalue weighted by Crippen LogP contribution is 2.20. The van der Waals surface area contributed by atoms with Crippen molar-refractivity contribution in [1.82, 2.24) is 14.8 Å². The highest BCUT2D eigenvalue weighted by molar-refractivity contribution is 5.33. The topological polar surface area (TPSA) is 56.7 Å². The normalized spacial score (nSPS) is 12.7. The Labute approximate surface area is 101 Å². The molecule has 0 saturated carbocycles. The number of aromatic nitrogens is 3. The Hall–Kier alpha value is -1.68. The molecule has 1 aromatic heterocycles. The molecule has 2 aromatic rings. The summed E-state index contributed by atoms with van der Waals surface area (Å²) in [5.41, 5.74) is 9.89. The first-order valence-corrected chi connectivity index (χ1v) is 5.73. The SMILES string of the molecule is Cc1ccc(C)c(C(N)Cc2ncnn2C)c1. The summed E-state index contributed by atoms with van der Waals surface area (Å²) in [7, 11) is 1.89. The van der Waals surface area contributed by atoms with E-state index in [2.05, 4.69) is 42.1 Å². The van der Waals surface area contributed by atoms with E-state index in [-0.39, 0.29) is 6.04 Å². The second kappa shape index (κ2) is 4.67. The zero-order valence-electron chi connectivity index (χ0n) is 10.5. The predicted molar refractivity (Wildman–Crippen MR) is 67.6 cm³/mol.